The summed E-state index contributed by atoms with van der Waals surface area (Å²) in [4.78, 5) is 23.4. The van der Waals surface area contributed by atoms with Gasteiger partial charge in [-0.25, -0.2) is 9.18 Å². The Hall–Kier alpha value is -2.69. The number of rotatable bonds is 4. The van der Waals surface area contributed by atoms with E-state index in [1.165, 1.54) is 18.2 Å². The maximum absolute atomic E-state index is 13.0. The first-order valence-corrected chi connectivity index (χ1v) is 6.34. The van der Waals surface area contributed by atoms with Gasteiger partial charge >= 0.3 is 5.97 Å². The highest BCUT2D eigenvalue weighted by atomic mass is 19.1. The first-order chi connectivity index (χ1) is 10.1. The maximum Gasteiger partial charge on any atom is 0.338 e. The van der Waals surface area contributed by atoms with Crippen molar-refractivity contribution in [3.8, 4) is 0 Å². The molecular weight excluding hydrogens is 273 g/mol. The molecule has 0 aliphatic heterocycles. The van der Waals surface area contributed by atoms with Crippen LogP contribution in [0.4, 0.5) is 10.1 Å². The van der Waals surface area contributed by atoms with E-state index in [0.29, 0.717) is 11.3 Å². The topological polar surface area (TPSA) is 55.4 Å². The Kier molecular flexibility index (Phi) is 4.66. The Labute approximate surface area is 121 Å². The molecule has 0 aliphatic rings. The minimum absolute atomic E-state index is 0.312. The predicted octanol–water partition coefficient (Wildman–Crippen LogP) is 2.93. The zero-order valence-corrected chi connectivity index (χ0v) is 11.4. The summed E-state index contributed by atoms with van der Waals surface area (Å²) in [5.74, 6) is -1.55. The van der Waals surface area contributed by atoms with Gasteiger partial charge in [0.1, 0.15) is 5.82 Å². The predicted molar refractivity (Wildman–Crippen MR) is 76.5 cm³/mol. The number of anilines is 1. The number of nitrogens with one attached hydrogen (secondary N) is 1. The van der Waals surface area contributed by atoms with E-state index >= 15 is 0 Å². The van der Waals surface area contributed by atoms with Crippen LogP contribution in [0, 0.1) is 12.7 Å². The van der Waals surface area contributed by atoms with Gasteiger partial charge in [-0.05, 0) is 36.8 Å². The van der Waals surface area contributed by atoms with Crippen LogP contribution in [0.15, 0.2) is 48.5 Å². The Balaban J connectivity index is 1.90. The molecule has 0 heterocycles. The fourth-order valence-electron chi connectivity index (χ4n) is 1.77. The SMILES string of the molecule is Cc1ccccc1C(=O)OCC(=O)Nc1cccc(F)c1. The number of hydrogen-bond donors (Lipinski definition) is 1. The van der Waals surface area contributed by atoms with Crippen LogP contribution in [0.1, 0.15) is 15.9 Å². The molecule has 0 fully saturated rings. The van der Waals surface area contributed by atoms with E-state index in [1.54, 1.807) is 31.2 Å². The first kappa shape index (κ1) is 14.7. The first-order valence-electron chi connectivity index (χ1n) is 6.34. The van der Waals surface area contributed by atoms with Crippen molar-refractivity contribution < 1.29 is 18.7 Å². The number of amides is 1. The third kappa shape index (κ3) is 4.14. The smallest absolute Gasteiger partial charge is 0.338 e. The second kappa shape index (κ2) is 6.65. The highest BCUT2D eigenvalue weighted by molar-refractivity contribution is 5.96. The second-order valence-electron chi connectivity index (χ2n) is 4.45. The molecule has 21 heavy (non-hydrogen) atoms. The van der Waals surface area contributed by atoms with Crippen molar-refractivity contribution in [2.75, 3.05) is 11.9 Å². The highest BCUT2D eigenvalue weighted by Gasteiger charge is 2.12. The summed E-state index contributed by atoms with van der Waals surface area (Å²) >= 11 is 0. The number of benzene rings is 2. The summed E-state index contributed by atoms with van der Waals surface area (Å²) in [6, 6.07) is 12.4. The minimum atomic E-state index is -0.567. The number of halogens is 1. The normalized spacial score (nSPS) is 10.0. The molecule has 0 bridgehead atoms. The van der Waals surface area contributed by atoms with E-state index in [1.807, 2.05) is 6.07 Å². The number of hydrogen-bond acceptors (Lipinski definition) is 3. The largest absolute Gasteiger partial charge is 0.452 e. The molecule has 0 saturated heterocycles. The van der Waals surface area contributed by atoms with Gasteiger partial charge in [-0.3, -0.25) is 4.79 Å². The Morgan fingerprint density at radius 3 is 2.62 bits per heavy atom. The highest BCUT2D eigenvalue weighted by Crippen LogP contribution is 2.10. The molecule has 0 spiro atoms. The van der Waals surface area contributed by atoms with Crippen molar-refractivity contribution in [3.63, 3.8) is 0 Å². The van der Waals surface area contributed by atoms with E-state index in [4.69, 9.17) is 4.74 Å². The third-order valence-electron chi connectivity index (χ3n) is 2.81. The van der Waals surface area contributed by atoms with Crippen molar-refractivity contribution in [1.29, 1.82) is 0 Å². The monoisotopic (exact) mass is 287 g/mol. The lowest BCUT2D eigenvalue weighted by Gasteiger charge is -2.08. The van der Waals surface area contributed by atoms with Crippen LogP contribution in [0.25, 0.3) is 0 Å². The van der Waals surface area contributed by atoms with Gasteiger partial charge in [0.25, 0.3) is 5.91 Å². The number of carbonyl (C=O) groups is 2. The second-order valence-corrected chi connectivity index (χ2v) is 4.45. The van der Waals surface area contributed by atoms with Crippen molar-refractivity contribution in [1.82, 2.24) is 0 Å². The van der Waals surface area contributed by atoms with E-state index in [0.717, 1.165) is 5.56 Å². The van der Waals surface area contributed by atoms with Gasteiger partial charge in [0.2, 0.25) is 0 Å². The number of esters is 1. The van der Waals surface area contributed by atoms with E-state index in [9.17, 15) is 14.0 Å². The molecule has 0 aromatic heterocycles. The average Bonchev–Trinajstić information content (AvgIpc) is 2.45. The molecule has 2 aromatic rings. The van der Waals surface area contributed by atoms with Crippen LogP contribution < -0.4 is 5.32 Å². The summed E-state index contributed by atoms with van der Waals surface area (Å²) in [7, 11) is 0. The summed E-state index contributed by atoms with van der Waals surface area (Å²) in [6.45, 7) is 1.35. The van der Waals surface area contributed by atoms with Gasteiger partial charge in [-0.1, -0.05) is 24.3 Å². The lowest BCUT2D eigenvalue weighted by molar-refractivity contribution is -0.119. The van der Waals surface area contributed by atoms with E-state index in [-0.39, 0.29) is 0 Å². The van der Waals surface area contributed by atoms with Crippen LogP contribution in [0.5, 0.6) is 0 Å². The molecular formula is C16H14FNO3. The van der Waals surface area contributed by atoms with Crippen molar-refractivity contribution >= 4 is 17.6 Å². The van der Waals surface area contributed by atoms with Crippen LogP contribution in [0.2, 0.25) is 0 Å². The van der Waals surface area contributed by atoms with Gasteiger partial charge in [0.15, 0.2) is 6.61 Å². The molecule has 0 atom stereocenters. The Morgan fingerprint density at radius 2 is 1.90 bits per heavy atom. The van der Waals surface area contributed by atoms with Crippen molar-refractivity contribution in [2.24, 2.45) is 0 Å². The molecule has 1 N–H and O–H groups in total. The Bertz CT molecular complexity index is 670. The van der Waals surface area contributed by atoms with Crippen LogP contribution in [-0.4, -0.2) is 18.5 Å². The molecule has 4 nitrogen and oxygen atoms in total. The summed E-state index contributed by atoms with van der Waals surface area (Å²) in [5, 5.41) is 2.45. The zero-order chi connectivity index (χ0) is 15.2. The van der Waals surface area contributed by atoms with Gasteiger partial charge in [-0.15, -0.1) is 0 Å². The van der Waals surface area contributed by atoms with Gasteiger partial charge in [0.05, 0.1) is 5.56 Å². The molecule has 0 radical (unpaired) electrons. The van der Waals surface area contributed by atoms with Crippen molar-refractivity contribution in [2.45, 2.75) is 6.92 Å². The fraction of sp³-hybridized carbons (Fsp3) is 0.125. The van der Waals surface area contributed by atoms with Crippen LogP contribution in [0.3, 0.4) is 0 Å². The lowest BCUT2D eigenvalue weighted by Crippen LogP contribution is -2.21. The standard InChI is InChI=1S/C16H14FNO3/c1-11-5-2-3-8-14(11)16(20)21-10-15(19)18-13-7-4-6-12(17)9-13/h2-9H,10H2,1H3,(H,18,19). The summed E-state index contributed by atoms with van der Waals surface area (Å²) in [6.07, 6.45) is 0. The van der Waals surface area contributed by atoms with E-state index in [2.05, 4.69) is 5.32 Å². The molecule has 0 saturated carbocycles. The number of carbonyl (C=O) groups excluding carboxylic acids is 2. The maximum atomic E-state index is 13.0. The quantitative estimate of drug-likeness (QED) is 0.880. The average molecular weight is 287 g/mol. The lowest BCUT2D eigenvalue weighted by atomic mass is 10.1. The molecule has 2 rings (SSSR count). The van der Waals surface area contributed by atoms with Crippen molar-refractivity contribution in [3.05, 3.63) is 65.5 Å². The molecule has 2 aromatic carbocycles. The van der Waals surface area contributed by atoms with Gasteiger partial charge in [0, 0.05) is 5.69 Å². The molecule has 0 aliphatic carbocycles. The van der Waals surface area contributed by atoms with Gasteiger partial charge < -0.3 is 10.1 Å². The Morgan fingerprint density at radius 1 is 1.14 bits per heavy atom. The zero-order valence-electron chi connectivity index (χ0n) is 11.4. The van der Waals surface area contributed by atoms with Crippen LogP contribution >= 0.6 is 0 Å². The summed E-state index contributed by atoms with van der Waals surface area (Å²) < 4.78 is 17.9. The molecule has 108 valence electrons. The third-order valence-corrected chi connectivity index (χ3v) is 2.81. The number of ether oxygens (including phenoxy) is 1. The number of aryl methyl sites for hydroxylation is 1. The summed E-state index contributed by atoms with van der Waals surface area (Å²) in [5.41, 5.74) is 1.50. The minimum Gasteiger partial charge on any atom is -0.452 e. The van der Waals surface area contributed by atoms with Crippen LogP contribution in [-0.2, 0) is 9.53 Å². The molecule has 1 amide bonds. The van der Waals surface area contributed by atoms with Gasteiger partial charge in [-0.2, -0.15) is 0 Å². The molecule has 0 unspecified atom stereocenters. The fourth-order valence-corrected chi connectivity index (χ4v) is 1.77. The molecule has 5 heteroatoms. The van der Waals surface area contributed by atoms with E-state index < -0.39 is 24.3 Å².